The summed E-state index contributed by atoms with van der Waals surface area (Å²) in [4.78, 5) is 16.6. The SMILES string of the molecule is COC(=O)/[C](=C/C(C(F)(F)Cl)C(F)(F)Cl)[Sn]([CH3])([CH3])[CH3]. The third kappa shape index (κ3) is 6.08. The molecule has 0 saturated carbocycles. The van der Waals surface area contributed by atoms with Crippen LogP contribution in [0, 0.1) is 5.92 Å². The molecule has 0 aromatic rings. The van der Waals surface area contributed by atoms with E-state index >= 15 is 0 Å². The second-order valence-corrected chi connectivity index (χ2v) is 20.3. The van der Waals surface area contributed by atoms with Crippen LogP contribution < -0.4 is 0 Å². The molecule has 0 bridgehead atoms. The van der Waals surface area contributed by atoms with Crippen molar-refractivity contribution in [3.63, 3.8) is 0 Å². The predicted octanol–water partition coefficient (Wildman–Crippen LogP) is 4.24. The zero-order valence-electron chi connectivity index (χ0n) is 10.7. The summed E-state index contributed by atoms with van der Waals surface area (Å²) in [7, 11) is 1.04. The van der Waals surface area contributed by atoms with Crippen LogP contribution >= 0.6 is 23.2 Å². The Hall–Kier alpha value is 0.309. The van der Waals surface area contributed by atoms with Gasteiger partial charge in [-0.15, -0.1) is 0 Å². The Morgan fingerprint density at radius 1 is 1.16 bits per heavy atom. The molecule has 0 heterocycles. The van der Waals surface area contributed by atoms with Crippen molar-refractivity contribution in [3.8, 4) is 0 Å². The van der Waals surface area contributed by atoms with Gasteiger partial charge in [0.05, 0.1) is 0 Å². The number of hydrogen-bond acceptors (Lipinski definition) is 2. The Morgan fingerprint density at radius 2 is 1.53 bits per heavy atom. The van der Waals surface area contributed by atoms with Crippen LogP contribution in [-0.2, 0) is 9.53 Å². The fraction of sp³-hybridized carbons (Fsp3) is 0.700. The van der Waals surface area contributed by atoms with Crippen molar-refractivity contribution in [2.75, 3.05) is 7.11 Å². The number of esters is 1. The van der Waals surface area contributed by atoms with Crippen molar-refractivity contribution in [2.45, 2.75) is 25.6 Å². The second-order valence-electron chi connectivity index (χ2n) is 4.88. The average Bonchev–Trinajstić information content (AvgIpc) is 2.11. The predicted molar refractivity (Wildman–Crippen MR) is 68.5 cm³/mol. The van der Waals surface area contributed by atoms with Gasteiger partial charge in [-0.05, 0) is 0 Å². The third-order valence-corrected chi connectivity index (χ3v) is 8.39. The van der Waals surface area contributed by atoms with Crippen LogP contribution in [0.2, 0.25) is 14.8 Å². The molecule has 0 aromatic heterocycles. The first-order chi connectivity index (χ1) is 8.21. The van der Waals surface area contributed by atoms with E-state index in [1.807, 2.05) is 0 Å². The second kappa shape index (κ2) is 6.39. The van der Waals surface area contributed by atoms with Gasteiger partial charge in [0.15, 0.2) is 0 Å². The number of halogens is 6. The maximum atomic E-state index is 13.0. The van der Waals surface area contributed by atoms with Gasteiger partial charge in [0.2, 0.25) is 0 Å². The van der Waals surface area contributed by atoms with Gasteiger partial charge in [0.1, 0.15) is 0 Å². The molecule has 0 atom stereocenters. The minimum absolute atomic E-state index is 0.151. The fourth-order valence-corrected chi connectivity index (χ4v) is 5.67. The quantitative estimate of drug-likeness (QED) is 0.214. The van der Waals surface area contributed by atoms with Crippen LogP contribution in [0.5, 0.6) is 0 Å². The molecule has 0 amide bonds. The maximum absolute atomic E-state index is 13.0. The zero-order chi connectivity index (χ0) is 15.6. The number of carbonyl (C=O) groups excluding carboxylic acids is 1. The molecule has 2 nitrogen and oxygen atoms in total. The number of hydrogen-bond donors (Lipinski definition) is 0. The molecular formula is C10H14Cl2F4O2Sn. The molecule has 0 N–H and O–H groups in total. The fourth-order valence-electron chi connectivity index (χ4n) is 1.28. The Kier molecular flexibility index (Phi) is 6.49. The summed E-state index contributed by atoms with van der Waals surface area (Å²) >= 11 is 6.05. The Labute approximate surface area is 122 Å². The van der Waals surface area contributed by atoms with E-state index in [1.54, 1.807) is 14.8 Å². The van der Waals surface area contributed by atoms with Crippen LogP contribution in [-0.4, -0.2) is 42.2 Å². The first-order valence-electron chi connectivity index (χ1n) is 5.15. The number of ether oxygens (including phenoxy) is 1. The van der Waals surface area contributed by atoms with Gasteiger partial charge in [0.25, 0.3) is 0 Å². The van der Waals surface area contributed by atoms with Crippen LogP contribution in [0.3, 0.4) is 0 Å². The van der Waals surface area contributed by atoms with Gasteiger partial charge in [0, 0.05) is 0 Å². The molecule has 0 aromatic carbocycles. The van der Waals surface area contributed by atoms with E-state index in [9.17, 15) is 22.4 Å². The average molecular weight is 432 g/mol. The molecule has 0 aliphatic heterocycles. The topological polar surface area (TPSA) is 26.3 Å². The number of allylic oxidation sites excluding steroid dienone is 1. The molecule has 0 radical (unpaired) electrons. The van der Waals surface area contributed by atoms with Crippen LogP contribution in [0.4, 0.5) is 17.6 Å². The third-order valence-electron chi connectivity index (χ3n) is 2.25. The molecule has 19 heavy (non-hydrogen) atoms. The number of methoxy groups -OCH3 is 1. The van der Waals surface area contributed by atoms with Crippen molar-refractivity contribution in [3.05, 3.63) is 9.67 Å². The van der Waals surface area contributed by atoms with Crippen molar-refractivity contribution >= 4 is 47.5 Å². The number of rotatable bonds is 5. The minimum atomic E-state index is -4.28. The zero-order valence-corrected chi connectivity index (χ0v) is 15.1. The molecule has 0 saturated heterocycles. The summed E-state index contributed by atoms with van der Waals surface area (Å²) in [5.41, 5.74) is 0. The van der Waals surface area contributed by atoms with Crippen molar-refractivity contribution in [1.82, 2.24) is 0 Å². The Bertz CT molecular complexity index is 355. The molecule has 9 heteroatoms. The van der Waals surface area contributed by atoms with Gasteiger partial charge in [-0.3, -0.25) is 0 Å². The molecule has 0 aliphatic rings. The van der Waals surface area contributed by atoms with E-state index in [-0.39, 0.29) is 3.59 Å². The van der Waals surface area contributed by atoms with Gasteiger partial charge in [-0.1, -0.05) is 0 Å². The first kappa shape index (κ1) is 19.3. The summed E-state index contributed by atoms with van der Waals surface area (Å²) in [6.45, 7) is 0. The summed E-state index contributed by atoms with van der Waals surface area (Å²) in [5, 5.41) is -8.55. The number of alkyl halides is 6. The summed E-state index contributed by atoms with van der Waals surface area (Å²) in [5.74, 6) is -3.69. The van der Waals surface area contributed by atoms with Gasteiger partial charge < -0.3 is 0 Å². The van der Waals surface area contributed by atoms with Gasteiger partial charge >= 0.3 is 123 Å². The standard InChI is InChI=1S/C7H5Cl2F4O2.3CH3.Sn/c1-15-5(14)3-2-4(6(8,10)11)7(9,12)13;;;;/h2,4H,1H3;3*1H3;. The van der Waals surface area contributed by atoms with Gasteiger partial charge in [-0.2, -0.15) is 0 Å². The Morgan fingerprint density at radius 3 is 1.74 bits per heavy atom. The summed E-state index contributed by atoms with van der Waals surface area (Å²) in [6.07, 6.45) is 0.460. The van der Waals surface area contributed by atoms with Crippen molar-refractivity contribution in [1.29, 1.82) is 0 Å². The summed E-state index contributed by atoms with van der Waals surface area (Å²) in [6, 6.07) is 0. The van der Waals surface area contributed by atoms with E-state index in [0.29, 0.717) is 6.08 Å². The van der Waals surface area contributed by atoms with Crippen molar-refractivity contribution in [2.24, 2.45) is 5.92 Å². The molecular weight excluding hydrogens is 418 g/mol. The summed E-state index contributed by atoms with van der Waals surface area (Å²) < 4.78 is 56.4. The molecule has 0 unspecified atom stereocenters. The van der Waals surface area contributed by atoms with Crippen LogP contribution in [0.25, 0.3) is 0 Å². The van der Waals surface area contributed by atoms with Crippen LogP contribution in [0.15, 0.2) is 9.67 Å². The van der Waals surface area contributed by atoms with E-state index in [0.717, 1.165) is 7.11 Å². The van der Waals surface area contributed by atoms with E-state index in [2.05, 4.69) is 27.9 Å². The Balaban J connectivity index is 5.82. The monoisotopic (exact) mass is 432 g/mol. The normalized spacial score (nSPS) is 14.8. The molecule has 0 spiro atoms. The van der Waals surface area contributed by atoms with E-state index in [1.165, 1.54) is 0 Å². The molecule has 0 rings (SSSR count). The molecule has 0 aliphatic carbocycles. The number of carbonyl (C=O) groups is 1. The van der Waals surface area contributed by atoms with Crippen LogP contribution in [0.1, 0.15) is 0 Å². The van der Waals surface area contributed by atoms with Gasteiger partial charge in [-0.25, -0.2) is 0 Å². The van der Waals surface area contributed by atoms with Crippen molar-refractivity contribution < 1.29 is 27.1 Å². The first-order valence-corrected chi connectivity index (χ1v) is 15.9. The molecule has 0 fully saturated rings. The van der Waals surface area contributed by atoms with E-state index < -0.39 is 41.0 Å². The molecule has 112 valence electrons. The van der Waals surface area contributed by atoms with E-state index in [4.69, 9.17) is 0 Å².